The number of benzene rings is 2. The number of para-hydroxylation sites is 1. The van der Waals surface area contributed by atoms with Gasteiger partial charge >= 0.3 is 0 Å². The molecule has 0 unspecified atom stereocenters. The summed E-state index contributed by atoms with van der Waals surface area (Å²) in [5, 5.41) is 6.50. The molecule has 0 radical (unpaired) electrons. The Labute approximate surface area is 180 Å². The number of aromatic nitrogens is 2. The minimum atomic E-state index is -3.93. The van der Waals surface area contributed by atoms with Crippen LogP contribution in [0.2, 0.25) is 0 Å². The first-order valence-corrected chi connectivity index (χ1v) is 11.5. The number of amides is 1. The lowest BCUT2D eigenvalue weighted by molar-refractivity contribution is -0.122. The number of nitrogens with one attached hydrogen (secondary N) is 1. The quantitative estimate of drug-likeness (QED) is 0.570. The molecule has 10 heteroatoms. The molecule has 1 atom stereocenters. The molecular weight excluding hydrogens is 423 g/mol. The number of aryl methyl sites for hydroxylation is 1. The van der Waals surface area contributed by atoms with Gasteiger partial charge in [-0.25, -0.2) is 12.8 Å². The molecule has 3 aromatic rings. The first-order valence-electron chi connectivity index (χ1n) is 9.62. The van der Waals surface area contributed by atoms with Crippen molar-refractivity contribution in [2.24, 2.45) is 0 Å². The summed E-state index contributed by atoms with van der Waals surface area (Å²) in [6.45, 7) is 3.51. The Kier molecular flexibility index (Phi) is 6.69. The Hall–Kier alpha value is -3.27. The van der Waals surface area contributed by atoms with E-state index in [-0.39, 0.29) is 24.5 Å². The molecule has 1 aromatic heterocycles. The fourth-order valence-corrected chi connectivity index (χ4v) is 4.31. The Morgan fingerprint density at radius 2 is 1.87 bits per heavy atom. The van der Waals surface area contributed by atoms with Gasteiger partial charge in [0.15, 0.2) is 0 Å². The van der Waals surface area contributed by atoms with E-state index in [1.165, 1.54) is 18.2 Å². The number of anilines is 1. The fourth-order valence-electron chi connectivity index (χ4n) is 3.09. The van der Waals surface area contributed by atoms with Crippen LogP contribution in [0.4, 0.5) is 10.1 Å². The van der Waals surface area contributed by atoms with E-state index < -0.39 is 27.8 Å². The first kappa shape index (κ1) is 22.4. The number of sulfonamides is 1. The van der Waals surface area contributed by atoms with E-state index in [1.807, 2.05) is 31.2 Å². The summed E-state index contributed by atoms with van der Waals surface area (Å²) in [7, 11) is -3.93. The van der Waals surface area contributed by atoms with Crippen LogP contribution < -0.4 is 9.62 Å². The second kappa shape index (κ2) is 9.25. The molecule has 3 rings (SSSR count). The average Bonchev–Trinajstić information content (AvgIpc) is 3.19. The highest BCUT2D eigenvalue weighted by molar-refractivity contribution is 7.92. The van der Waals surface area contributed by atoms with Gasteiger partial charge in [0, 0.05) is 5.56 Å². The summed E-state index contributed by atoms with van der Waals surface area (Å²) in [6.07, 6.45) is 1.06. The lowest BCUT2D eigenvalue weighted by Crippen LogP contribution is -2.49. The summed E-state index contributed by atoms with van der Waals surface area (Å²) >= 11 is 0. The highest BCUT2D eigenvalue weighted by atomic mass is 32.2. The van der Waals surface area contributed by atoms with Crippen molar-refractivity contribution in [3.8, 4) is 11.4 Å². The van der Waals surface area contributed by atoms with E-state index >= 15 is 0 Å². The third kappa shape index (κ3) is 5.26. The van der Waals surface area contributed by atoms with E-state index in [4.69, 9.17) is 4.52 Å². The minimum absolute atomic E-state index is 0.0942. The standard InChI is InChI=1S/C21H23FN4O4S/c1-4-17(26(31(3,28)29)18-8-6-5-7-16(18)22)21(27)23-13-19-24-20(25-30-19)15-11-9-14(2)10-12-15/h5-12,17H,4,13H2,1-3H3,(H,23,27)/t17-/m0/s1. The molecule has 0 spiro atoms. The van der Waals surface area contributed by atoms with Gasteiger partial charge in [-0.2, -0.15) is 4.98 Å². The van der Waals surface area contributed by atoms with Gasteiger partial charge in [0.25, 0.3) is 0 Å². The average molecular weight is 447 g/mol. The summed E-state index contributed by atoms with van der Waals surface area (Å²) in [6, 6.07) is 11.8. The number of rotatable bonds is 8. The molecule has 31 heavy (non-hydrogen) atoms. The van der Waals surface area contributed by atoms with Crippen molar-refractivity contribution in [1.82, 2.24) is 15.5 Å². The number of nitrogens with zero attached hydrogens (tertiary/aromatic N) is 3. The zero-order chi connectivity index (χ0) is 22.6. The molecule has 8 nitrogen and oxygen atoms in total. The molecule has 0 bridgehead atoms. The van der Waals surface area contributed by atoms with E-state index in [1.54, 1.807) is 6.92 Å². The summed E-state index contributed by atoms with van der Waals surface area (Å²) in [5.74, 6) is -0.805. The molecule has 0 aliphatic carbocycles. The van der Waals surface area contributed by atoms with Crippen LogP contribution in [-0.2, 0) is 21.4 Å². The Morgan fingerprint density at radius 1 is 1.19 bits per heavy atom. The molecule has 0 aliphatic heterocycles. The van der Waals surface area contributed by atoms with Crippen molar-refractivity contribution in [3.63, 3.8) is 0 Å². The number of hydrogen-bond acceptors (Lipinski definition) is 6. The van der Waals surface area contributed by atoms with Gasteiger partial charge in [-0.05, 0) is 25.5 Å². The molecule has 164 valence electrons. The molecule has 2 aromatic carbocycles. The molecule has 0 aliphatic rings. The largest absolute Gasteiger partial charge is 0.345 e. The third-order valence-corrected chi connectivity index (χ3v) is 5.78. The van der Waals surface area contributed by atoms with Gasteiger partial charge in [-0.15, -0.1) is 0 Å². The monoisotopic (exact) mass is 446 g/mol. The molecular formula is C21H23FN4O4S. The maximum Gasteiger partial charge on any atom is 0.246 e. The SMILES string of the molecule is CC[C@@H](C(=O)NCc1nc(-c2ccc(C)cc2)no1)N(c1ccccc1F)S(C)(=O)=O. The fraction of sp³-hybridized carbons (Fsp3) is 0.286. The topological polar surface area (TPSA) is 105 Å². The van der Waals surface area contributed by atoms with Crippen molar-refractivity contribution >= 4 is 21.6 Å². The molecule has 0 fully saturated rings. The van der Waals surface area contributed by atoms with Gasteiger partial charge in [0.1, 0.15) is 11.9 Å². The lowest BCUT2D eigenvalue weighted by Gasteiger charge is -2.30. The van der Waals surface area contributed by atoms with Crippen molar-refractivity contribution in [1.29, 1.82) is 0 Å². The zero-order valence-corrected chi connectivity index (χ0v) is 18.2. The number of carbonyl (C=O) groups excluding carboxylic acids is 1. The van der Waals surface area contributed by atoms with E-state index in [0.717, 1.165) is 27.8 Å². The maximum atomic E-state index is 14.3. The normalized spacial score (nSPS) is 12.4. The zero-order valence-electron chi connectivity index (χ0n) is 17.4. The smallest absolute Gasteiger partial charge is 0.246 e. The number of carbonyl (C=O) groups is 1. The third-order valence-electron chi connectivity index (χ3n) is 4.61. The van der Waals surface area contributed by atoms with Gasteiger partial charge in [0.05, 0.1) is 18.5 Å². The molecule has 1 heterocycles. The van der Waals surface area contributed by atoms with Crippen molar-refractivity contribution in [2.75, 3.05) is 10.6 Å². The highest BCUT2D eigenvalue weighted by Crippen LogP contribution is 2.25. The molecule has 1 amide bonds. The van der Waals surface area contributed by atoms with E-state index in [0.29, 0.717) is 5.82 Å². The maximum absolute atomic E-state index is 14.3. The van der Waals surface area contributed by atoms with Crippen LogP contribution in [0.3, 0.4) is 0 Å². The van der Waals surface area contributed by atoms with Crippen LogP contribution in [-0.4, -0.2) is 36.8 Å². The number of halogens is 1. The van der Waals surface area contributed by atoms with Crippen LogP contribution >= 0.6 is 0 Å². The second-order valence-corrected chi connectivity index (χ2v) is 8.89. The molecule has 1 N–H and O–H groups in total. The van der Waals surface area contributed by atoms with Crippen molar-refractivity contribution in [3.05, 3.63) is 65.8 Å². The van der Waals surface area contributed by atoms with Crippen LogP contribution in [0.15, 0.2) is 53.1 Å². The van der Waals surface area contributed by atoms with Gasteiger partial charge in [-0.3, -0.25) is 9.10 Å². The van der Waals surface area contributed by atoms with Crippen LogP contribution in [0, 0.1) is 12.7 Å². The minimum Gasteiger partial charge on any atom is -0.345 e. The van der Waals surface area contributed by atoms with Crippen molar-refractivity contribution < 1.29 is 22.1 Å². The predicted octanol–water partition coefficient (Wildman–Crippen LogP) is 3.05. The van der Waals surface area contributed by atoms with Crippen LogP contribution in [0.25, 0.3) is 11.4 Å². The predicted molar refractivity (Wildman–Crippen MR) is 114 cm³/mol. The van der Waals surface area contributed by atoms with Gasteiger partial charge in [-0.1, -0.05) is 54.0 Å². The summed E-state index contributed by atoms with van der Waals surface area (Å²) in [5.41, 5.74) is 1.67. The summed E-state index contributed by atoms with van der Waals surface area (Å²) < 4.78 is 45.0. The Bertz CT molecular complexity index is 1160. The highest BCUT2D eigenvalue weighted by Gasteiger charge is 2.33. The Balaban J connectivity index is 1.76. The first-order chi connectivity index (χ1) is 14.7. The number of hydrogen-bond donors (Lipinski definition) is 1. The van der Waals surface area contributed by atoms with E-state index in [2.05, 4.69) is 15.5 Å². The van der Waals surface area contributed by atoms with Gasteiger partial charge < -0.3 is 9.84 Å². The van der Waals surface area contributed by atoms with E-state index in [9.17, 15) is 17.6 Å². The summed E-state index contributed by atoms with van der Waals surface area (Å²) in [4.78, 5) is 17.1. The molecule has 0 saturated carbocycles. The van der Waals surface area contributed by atoms with Gasteiger partial charge in [0.2, 0.25) is 27.6 Å². The lowest BCUT2D eigenvalue weighted by atomic mass is 10.1. The van der Waals surface area contributed by atoms with Crippen molar-refractivity contribution in [2.45, 2.75) is 32.9 Å². The molecule has 0 saturated heterocycles. The Morgan fingerprint density at radius 3 is 2.48 bits per heavy atom. The van der Waals surface area contributed by atoms with Crippen LogP contribution in [0.5, 0.6) is 0 Å². The van der Waals surface area contributed by atoms with Crippen LogP contribution in [0.1, 0.15) is 24.8 Å². The second-order valence-electron chi connectivity index (χ2n) is 7.03.